The highest BCUT2D eigenvalue weighted by Crippen LogP contribution is 2.32. The van der Waals surface area contributed by atoms with Crippen molar-refractivity contribution in [3.05, 3.63) is 108 Å². The van der Waals surface area contributed by atoms with Crippen LogP contribution in [0.5, 0.6) is 17.2 Å². The van der Waals surface area contributed by atoms with Gasteiger partial charge in [-0.25, -0.2) is 0 Å². The molecule has 1 heterocycles. The first kappa shape index (κ1) is 26.8. The molecule has 0 saturated carbocycles. The first-order valence-corrected chi connectivity index (χ1v) is 13.5. The molecule has 8 nitrogen and oxygen atoms in total. The normalized spacial score (nSPS) is 10.7. The number of carbonyl (C=O) groups excluding carboxylic acids is 1. The third kappa shape index (κ3) is 6.10. The summed E-state index contributed by atoms with van der Waals surface area (Å²) >= 11 is 1.57. The van der Waals surface area contributed by atoms with E-state index in [0.717, 1.165) is 39.2 Å². The number of nitrogens with one attached hydrogen (secondary N) is 1. The highest BCUT2D eigenvalue weighted by atomic mass is 32.2. The molecule has 0 radical (unpaired) electrons. The molecule has 4 aromatic carbocycles. The fourth-order valence-corrected chi connectivity index (χ4v) is 4.96. The molecule has 0 bridgehead atoms. The van der Waals surface area contributed by atoms with Crippen molar-refractivity contribution < 1.29 is 19.0 Å². The summed E-state index contributed by atoms with van der Waals surface area (Å²) in [5.41, 5.74) is 4.14. The second-order valence-corrected chi connectivity index (χ2v) is 9.68. The van der Waals surface area contributed by atoms with E-state index in [-0.39, 0.29) is 5.91 Å². The molecular formula is C31H28N4O4S. The molecule has 202 valence electrons. The molecule has 0 saturated heterocycles. The number of amides is 1. The Morgan fingerprint density at radius 2 is 1.43 bits per heavy atom. The lowest BCUT2D eigenvalue weighted by Crippen LogP contribution is -2.11. The van der Waals surface area contributed by atoms with Crippen molar-refractivity contribution in [2.45, 2.75) is 10.9 Å². The van der Waals surface area contributed by atoms with E-state index in [0.29, 0.717) is 22.8 Å². The van der Waals surface area contributed by atoms with Crippen LogP contribution in [-0.2, 0) is 5.75 Å². The molecule has 1 aromatic heterocycles. The summed E-state index contributed by atoms with van der Waals surface area (Å²) in [5, 5.41) is 12.7. The molecule has 0 spiro atoms. The van der Waals surface area contributed by atoms with Crippen molar-refractivity contribution in [3.8, 4) is 34.3 Å². The summed E-state index contributed by atoms with van der Waals surface area (Å²) in [6, 6.07) is 30.3. The van der Waals surface area contributed by atoms with Gasteiger partial charge in [0.25, 0.3) is 5.91 Å². The van der Waals surface area contributed by atoms with Crippen molar-refractivity contribution in [2.75, 3.05) is 26.6 Å². The van der Waals surface area contributed by atoms with Crippen LogP contribution in [0.3, 0.4) is 0 Å². The second-order valence-electron chi connectivity index (χ2n) is 8.74. The average molecular weight is 553 g/mol. The van der Waals surface area contributed by atoms with Crippen LogP contribution in [0.2, 0.25) is 0 Å². The van der Waals surface area contributed by atoms with Crippen LogP contribution in [0, 0.1) is 0 Å². The largest absolute Gasteiger partial charge is 0.497 e. The molecule has 40 heavy (non-hydrogen) atoms. The van der Waals surface area contributed by atoms with Gasteiger partial charge in [-0.3, -0.25) is 9.36 Å². The fourth-order valence-electron chi connectivity index (χ4n) is 4.05. The van der Waals surface area contributed by atoms with Gasteiger partial charge in [0, 0.05) is 28.3 Å². The van der Waals surface area contributed by atoms with Gasteiger partial charge < -0.3 is 19.5 Å². The van der Waals surface area contributed by atoms with E-state index >= 15 is 0 Å². The maximum atomic E-state index is 12.7. The first-order chi connectivity index (χ1) is 19.6. The summed E-state index contributed by atoms with van der Waals surface area (Å²) in [5.74, 6) is 3.42. The van der Waals surface area contributed by atoms with Gasteiger partial charge >= 0.3 is 0 Å². The number of ether oxygens (including phenoxy) is 3. The van der Waals surface area contributed by atoms with Gasteiger partial charge in [-0.1, -0.05) is 36.0 Å². The SMILES string of the molecule is COc1ccc(NC(=O)c2ccc(CSc3nnc(-c4cccc(OC)c4)n3-c3ccc(OC)cc3)cc2)cc1. The highest BCUT2D eigenvalue weighted by molar-refractivity contribution is 7.98. The summed E-state index contributed by atoms with van der Waals surface area (Å²) in [6.45, 7) is 0. The Morgan fingerprint density at radius 1 is 0.775 bits per heavy atom. The van der Waals surface area contributed by atoms with Crippen molar-refractivity contribution in [1.29, 1.82) is 0 Å². The number of thioether (sulfide) groups is 1. The van der Waals surface area contributed by atoms with Crippen LogP contribution < -0.4 is 19.5 Å². The molecule has 0 aliphatic rings. The number of anilines is 1. The lowest BCUT2D eigenvalue weighted by atomic mass is 10.1. The van der Waals surface area contributed by atoms with Crippen molar-refractivity contribution in [2.24, 2.45) is 0 Å². The van der Waals surface area contributed by atoms with Crippen LogP contribution in [-0.4, -0.2) is 42.0 Å². The number of methoxy groups -OCH3 is 3. The minimum Gasteiger partial charge on any atom is -0.497 e. The number of nitrogens with zero attached hydrogens (tertiary/aromatic N) is 3. The lowest BCUT2D eigenvalue weighted by Gasteiger charge is -2.12. The molecule has 0 fully saturated rings. The van der Waals surface area contributed by atoms with Gasteiger partial charge in [-0.2, -0.15) is 0 Å². The Labute approximate surface area is 236 Å². The van der Waals surface area contributed by atoms with E-state index in [1.165, 1.54) is 0 Å². The van der Waals surface area contributed by atoms with Crippen molar-refractivity contribution in [3.63, 3.8) is 0 Å². The van der Waals surface area contributed by atoms with E-state index < -0.39 is 0 Å². The van der Waals surface area contributed by atoms with E-state index in [4.69, 9.17) is 14.2 Å². The van der Waals surface area contributed by atoms with Crippen LogP contribution in [0.1, 0.15) is 15.9 Å². The molecule has 9 heteroatoms. The third-order valence-electron chi connectivity index (χ3n) is 6.22. The standard InChI is InChI=1S/C31H28N4O4S/c1-37-26-15-11-24(12-16-26)32-30(36)22-9-7-21(8-10-22)20-40-31-34-33-29(23-5-4-6-28(19-23)39-3)35(31)25-13-17-27(38-2)18-14-25/h4-19H,20H2,1-3H3,(H,32,36). The predicted molar refractivity (Wildman–Crippen MR) is 157 cm³/mol. The minimum atomic E-state index is -0.174. The third-order valence-corrected chi connectivity index (χ3v) is 7.22. The predicted octanol–water partition coefficient (Wildman–Crippen LogP) is 6.50. The van der Waals surface area contributed by atoms with Crippen molar-refractivity contribution >= 4 is 23.4 Å². The number of carbonyl (C=O) groups is 1. The summed E-state index contributed by atoms with van der Waals surface area (Å²) in [6.07, 6.45) is 0. The van der Waals surface area contributed by atoms with Gasteiger partial charge in [0.05, 0.1) is 21.3 Å². The quantitative estimate of drug-likeness (QED) is 0.198. The number of rotatable bonds is 10. The maximum Gasteiger partial charge on any atom is 0.255 e. The van der Waals surface area contributed by atoms with E-state index in [9.17, 15) is 4.79 Å². The van der Waals surface area contributed by atoms with Crippen LogP contribution >= 0.6 is 11.8 Å². The zero-order chi connectivity index (χ0) is 27.9. The zero-order valence-electron chi connectivity index (χ0n) is 22.3. The van der Waals surface area contributed by atoms with E-state index in [1.54, 1.807) is 57.4 Å². The number of hydrogen-bond acceptors (Lipinski definition) is 7. The van der Waals surface area contributed by atoms with Crippen LogP contribution in [0.15, 0.2) is 102 Å². The molecule has 5 rings (SSSR count). The Bertz CT molecular complexity index is 1580. The first-order valence-electron chi connectivity index (χ1n) is 12.5. The zero-order valence-corrected chi connectivity index (χ0v) is 23.1. The second kappa shape index (κ2) is 12.4. The average Bonchev–Trinajstić information content (AvgIpc) is 3.44. The summed E-state index contributed by atoms with van der Waals surface area (Å²) in [7, 11) is 4.89. The van der Waals surface area contributed by atoms with Gasteiger partial charge in [0.15, 0.2) is 11.0 Å². The molecule has 0 unspecified atom stereocenters. The molecule has 5 aromatic rings. The van der Waals surface area contributed by atoms with E-state index in [1.807, 2.05) is 77.4 Å². The number of benzene rings is 4. The summed E-state index contributed by atoms with van der Waals surface area (Å²) < 4.78 is 18.0. The molecule has 0 aliphatic heterocycles. The summed E-state index contributed by atoms with van der Waals surface area (Å²) in [4.78, 5) is 12.7. The van der Waals surface area contributed by atoms with Gasteiger partial charge in [-0.15, -0.1) is 10.2 Å². The molecule has 0 aliphatic carbocycles. The minimum absolute atomic E-state index is 0.174. The number of aromatic nitrogens is 3. The smallest absolute Gasteiger partial charge is 0.255 e. The van der Waals surface area contributed by atoms with Gasteiger partial charge in [0.1, 0.15) is 17.2 Å². The van der Waals surface area contributed by atoms with E-state index in [2.05, 4.69) is 15.5 Å². The maximum absolute atomic E-state index is 12.7. The fraction of sp³-hybridized carbons (Fsp3) is 0.129. The Balaban J connectivity index is 1.34. The Hall–Kier alpha value is -4.76. The van der Waals surface area contributed by atoms with Crippen LogP contribution in [0.4, 0.5) is 5.69 Å². The Morgan fingerprint density at radius 3 is 2.08 bits per heavy atom. The Kier molecular flexibility index (Phi) is 8.32. The van der Waals surface area contributed by atoms with Gasteiger partial charge in [0.2, 0.25) is 0 Å². The lowest BCUT2D eigenvalue weighted by molar-refractivity contribution is 0.102. The molecule has 1 N–H and O–H groups in total. The monoisotopic (exact) mass is 552 g/mol. The molecular weight excluding hydrogens is 524 g/mol. The highest BCUT2D eigenvalue weighted by Gasteiger charge is 2.17. The van der Waals surface area contributed by atoms with Crippen LogP contribution in [0.25, 0.3) is 17.1 Å². The number of hydrogen-bond donors (Lipinski definition) is 1. The topological polar surface area (TPSA) is 87.5 Å². The molecule has 0 atom stereocenters. The molecule has 1 amide bonds. The van der Waals surface area contributed by atoms with Crippen molar-refractivity contribution in [1.82, 2.24) is 14.8 Å². The van der Waals surface area contributed by atoms with Gasteiger partial charge in [-0.05, 0) is 78.4 Å².